The average Bonchev–Trinajstić information content (AvgIpc) is 2.59. The van der Waals surface area contributed by atoms with Crippen LogP contribution in [-0.4, -0.2) is 38.5 Å². The smallest absolute Gasteiger partial charge is 0.321 e. The molecule has 1 aromatic rings. The van der Waals surface area contributed by atoms with E-state index in [1.54, 1.807) is 29.2 Å². The van der Waals surface area contributed by atoms with Gasteiger partial charge in [0.1, 0.15) is 0 Å². The first-order chi connectivity index (χ1) is 12.5. The van der Waals surface area contributed by atoms with Crippen LogP contribution >= 0.6 is 0 Å². The van der Waals surface area contributed by atoms with Crippen LogP contribution in [0.25, 0.3) is 0 Å². The second kappa shape index (κ2) is 9.92. The van der Waals surface area contributed by atoms with Gasteiger partial charge in [-0.25, -0.2) is 17.9 Å². The van der Waals surface area contributed by atoms with E-state index in [0.717, 1.165) is 25.7 Å². The molecule has 1 aliphatic carbocycles. The van der Waals surface area contributed by atoms with Gasteiger partial charge < -0.3 is 10.2 Å². The zero-order valence-electron chi connectivity index (χ0n) is 15.8. The lowest BCUT2D eigenvalue weighted by Gasteiger charge is -2.21. The van der Waals surface area contributed by atoms with E-state index in [4.69, 9.17) is 0 Å². The second-order valence-corrected chi connectivity index (χ2v) is 8.50. The summed E-state index contributed by atoms with van der Waals surface area (Å²) >= 11 is 0. The standard InChI is InChI=1S/C19H31N3O3S/c1-3-22(4-2)19(23)20-16-12-14-18(15-13-16)26(24,25)21-17-10-8-6-5-7-9-11-17/h12-15,17,21H,3-11H2,1-2H3,(H,20,23). The highest BCUT2D eigenvalue weighted by Gasteiger charge is 2.21. The Balaban J connectivity index is 2.00. The second-order valence-electron chi connectivity index (χ2n) is 6.79. The molecular weight excluding hydrogens is 350 g/mol. The van der Waals surface area contributed by atoms with Crippen LogP contribution in [0, 0.1) is 0 Å². The van der Waals surface area contributed by atoms with Crippen LogP contribution < -0.4 is 10.0 Å². The van der Waals surface area contributed by atoms with E-state index in [9.17, 15) is 13.2 Å². The summed E-state index contributed by atoms with van der Waals surface area (Å²) in [5.74, 6) is 0. The highest BCUT2D eigenvalue weighted by Crippen LogP contribution is 2.20. The lowest BCUT2D eigenvalue weighted by molar-refractivity contribution is 0.217. The van der Waals surface area contributed by atoms with Gasteiger partial charge in [0, 0.05) is 24.8 Å². The SMILES string of the molecule is CCN(CC)C(=O)Nc1ccc(S(=O)(=O)NC2CCCCCCC2)cc1. The highest BCUT2D eigenvalue weighted by molar-refractivity contribution is 7.89. The third kappa shape index (κ3) is 5.99. The molecule has 0 aliphatic heterocycles. The van der Waals surface area contributed by atoms with Crippen LogP contribution in [-0.2, 0) is 10.0 Å². The first kappa shape index (κ1) is 20.7. The Labute approximate surface area is 157 Å². The Morgan fingerprint density at radius 2 is 1.54 bits per heavy atom. The van der Waals surface area contributed by atoms with Crippen molar-refractivity contribution in [1.29, 1.82) is 0 Å². The third-order valence-electron chi connectivity index (χ3n) is 4.89. The number of carbonyl (C=O) groups excluding carboxylic acids is 1. The number of carbonyl (C=O) groups is 1. The van der Waals surface area contributed by atoms with Crippen LogP contribution in [0.4, 0.5) is 10.5 Å². The van der Waals surface area contributed by atoms with Crippen LogP contribution in [0.1, 0.15) is 58.8 Å². The van der Waals surface area contributed by atoms with E-state index >= 15 is 0 Å². The zero-order valence-corrected chi connectivity index (χ0v) is 16.6. The van der Waals surface area contributed by atoms with Gasteiger partial charge in [-0.2, -0.15) is 0 Å². The summed E-state index contributed by atoms with van der Waals surface area (Å²) in [4.78, 5) is 14.0. The van der Waals surface area contributed by atoms with Crippen molar-refractivity contribution in [3.63, 3.8) is 0 Å². The molecule has 0 heterocycles. The lowest BCUT2D eigenvalue weighted by Crippen LogP contribution is -2.35. The molecule has 26 heavy (non-hydrogen) atoms. The number of hydrogen-bond acceptors (Lipinski definition) is 3. The number of hydrogen-bond donors (Lipinski definition) is 2. The van der Waals surface area contributed by atoms with Gasteiger partial charge in [0.05, 0.1) is 4.90 Å². The average molecular weight is 382 g/mol. The predicted octanol–water partition coefficient (Wildman–Crippen LogP) is 3.95. The normalized spacial score (nSPS) is 16.5. The van der Waals surface area contributed by atoms with Crippen molar-refractivity contribution in [2.45, 2.75) is 69.7 Å². The number of amides is 2. The van der Waals surface area contributed by atoms with Gasteiger partial charge in [-0.15, -0.1) is 0 Å². The molecule has 2 rings (SSSR count). The zero-order chi connectivity index (χ0) is 19.0. The molecule has 1 aromatic carbocycles. The maximum absolute atomic E-state index is 12.6. The van der Waals surface area contributed by atoms with Crippen LogP contribution in [0.5, 0.6) is 0 Å². The van der Waals surface area contributed by atoms with Gasteiger partial charge >= 0.3 is 6.03 Å². The minimum atomic E-state index is -3.53. The topological polar surface area (TPSA) is 78.5 Å². The maximum Gasteiger partial charge on any atom is 0.321 e. The quantitative estimate of drug-likeness (QED) is 0.783. The van der Waals surface area contributed by atoms with E-state index in [-0.39, 0.29) is 17.0 Å². The summed E-state index contributed by atoms with van der Waals surface area (Å²) in [6.07, 6.45) is 7.56. The van der Waals surface area contributed by atoms with Crippen molar-refractivity contribution in [1.82, 2.24) is 9.62 Å². The molecule has 0 aromatic heterocycles. The summed E-state index contributed by atoms with van der Waals surface area (Å²) in [5.41, 5.74) is 0.590. The molecule has 0 spiro atoms. The number of rotatable bonds is 6. The number of sulfonamides is 1. The Morgan fingerprint density at radius 1 is 1.00 bits per heavy atom. The minimum absolute atomic E-state index is 0.0161. The summed E-state index contributed by atoms with van der Waals surface area (Å²) in [7, 11) is -3.53. The largest absolute Gasteiger partial charge is 0.325 e. The van der Waals surface area contributed by atoms with Crippen molar-refractivity contribution in [3.05, 3.63) is 24.3 Å². The molecule has 0 atom stereocenters. The molecule has 1 fully saturated rings. The van der Waals surface area contributed by atoms with Crippen molar-refractivity contribution < 1.29 is 13.2 Å². The van der Waals surface area contributed by atoms with E-state index < -0.39 is 10.0 Å². The van der Waals surface area contributed by atoms with Crippen molar-refractivity contribution in [2.24, 2.45) is 0 Å². The van der Waals surface area contributed by atoms with Gasteiger partial charge in [-0.1, -0.05) is 32.1 Å². The van der Waals surface area contributed by atoms with Crippen molar-refractivity contribution in [3.8, 4) is 0 Å². The molecule has 7 heteroatoms. The number of nitrogens with one attached hydrogen (secondary N) is 2. The van der Waals surface area contributed by atoms with E-state index in [1.165, 1.54) is 19.3 Å². The molecule has 0 saturated heterocycles. The van der Waals surface area contributed by atoms with Crippen LogP contribution in [0.2, 0.25) is 0 Å². The fourth-order valence-electron chi connectivity index (χ4n) is 3.29. The molecule has 0 radical (unpaired) electrons. The van der Waals surface area contributed by atoms with Crippen LogP contribution in [0.15, 0.2) is 29.2 Å². The fourth-order valence-corrected chi connectivity index (χ4v) is 4.60. The predicted molar refractivity (Wildman–Crippen MR) is 105 cm³/mol. The van der Waals surface area contributed by atoms with Gasteiger partial charge in [0.15, 0.2) is 0 Å². The Hall–Kier alpha value is -1.60. The molecule has 146 valence electrons. The first-order valence-electron chi connectivity index (χ1n) is 9.64. The molecule has 2 N–H and O–H groups in total. The molecule has 0 bridgehead atoms. The van der Waals surface area contributed by atoms with E-state index in [1.807, 2.05) is 13.8 Å². The van der Waals surface area contributed by atoms with Crippen molar-refractivity contribution in [2.75, 3.05) is 18.4 Å². The van der Waals surface area contributed by atoms with Crippen molar-refractivity contribution >= 4 is 21.7 Å². The summed E-state index contributed by atoms with van der Waals surface area (Å²) in [6, 6.07) is 6.19. The number of urea groups is 1. The fraction of sp³-hybridized carbons (Fsp3) is 0.632. The highest BCUT2D eigenvalue weighted by atomic mass is 32.2. The number of benzene rings is 1. The lowest BCUT2D eigenvalue weighted by atomic mass is 9.97. The van der Waals surface area contributed by atoms with E-state index in [2.05, 4.69) is 10.0 Å². The molecule has 0 unspecified atom stereocenters. The first-order valence-corrected chi connectivity index (χ1v) is 11.1. The minimum Gasteiger partial charge on any atom is -0.325 e. The summed E-state index contributed by atoms with van der Waals surface area (Å²) in [6.45, 7) is 5.08. The molecule has 1 aliphatic rings. The molecular formula is C19H31N3O3S. The van der Waals surface area contributed by atoms with Gasteiger partial charge in [0.2, 0.25) is 10.0 Å². The Bertz CT molecular complexity index is 662. The van der Waals surface area contributed by atoms with Gasteiger partial charge in [-0.05, 0) is 51.0 Å². The van der Waals surface area contributed by atoms with Gasteiger partial charge in [0.25, 0.3) is 0 Å². The van der Waals surface area contributed by atoms with Gasteiger partial charge in [-0.3, -0.25) is 0 Å². The van der Waals surface area contributed by atoms with Crippen LogP contribution in [0.3, 0.4) is 0 Å². The number of nitrogens with zero attached hydrogens (tertiary/aromatic N) is 1. The number of anilines is 1. The third-order valence-corrected chi connectivity index (χ3v) is 6.43. The summed E-state index contributed by atoms with van der Waals surface area (Å²) < 4.78 is 28.1. The molecule has 1 saturated carbocycles. The Morgan fingerprint density at radius 3 is 2.08 bits per heavy atom. The van der Waals surface area contributed by atoms with E-state index in [0.29, 0.717) is 18.8 Å². The summed E-state index contributed by atoms with van der Waals surface area (Å²) in [5, 5.41) is 2.79. The maximum atomic E-state index is 12.6. The monoisotopic (exact) mass is 381 g/mol. The Kier molecular flexibility index (Phi) is 7.90. The molecule has 6 nitrogen and oxygen atoms in total. The molecule has 2 amide bonds.